The standard InChI is InChI=1S/C19H18FN3O2S2/c1-12-7-13(2)9-15(8-12)25-10-17(24)21-18-22-23-19(27-18)26-11-14-5-3-4-6-16(14)20/h3-9H,10-11H2,1-2H3,(H,21,22,24). The van der Waals surface area contributed by atoms with E-state index in [0.29, 0.717) is 26.5 Å². The van der Waals surface area contributed by atoms with E-state index in [2.05, 4.69) is 15.5 Å². The number of nitrogens with zero attached hydrogens (tertiary/aromatic N) is 2. The molecule has 0 aliphatic carbocycles. The molecule has 27 heavy (non-hydrogen) atoms. The van der Waals surface area contributed by atoms with Gasteiger partial charge in [-0.2, -0.15) is 0 Å². The first-order valence-corrected chi connectivity index (χ1v) is 10.0. The Morgan fingerprint density at radius 2 is 1.93 bits per heavy atom. The minimum absolute atomic E-state index is 0.111. The third-order valence-corrected chi connectivity index (χ3v) is 5.55. The lowest BCUT2D eigenvalue weighted by Crippen LogP contribution is -2.20. The van der Waals surface area contributed by atoms with E-state index in [0.717, 1.165) is 11.1 Å². The molecule has 1 aromatic heterocycles. The second kappa shape index (κ2) is 8.96. The molecular formula is C19H18FN3O2S2. The zero-order valence-electron chi connectivity index (χ0n) is 14.9. The van der Waals surface area contributed by atoms with Gasteiger partial charge in [0.15, 0.2) is 10.9 Å². The molecule has 0 saturated carbocycles. The zero-order chi connectivity index (χ0) is 19.2. The summed E-state index contributed by atoms with van der Waals surface area (Å²) in [5.41, 5.74) is 2.75. The van der Waals surface area contributed by atoms with Crippen LogP contribution in [0.5, 0.6) is 5.75 Å². The normalized spacial score (nSPS) is 10.6. The van der Waals surface area contributed by atoms with Crippen molar-refractivity contribution in [3.05, 3.63) is 65.0 Å². The van der Waals surface area contributed by atoms with Crippen molar-refractivity contribution in [2.75, 3.05) is 11.9 Å². The Labute approximate surface area is 165 Å². The second-order valence-electron chi connectivity index (χ2n) is 5.91. The molecule has 0 spiro atoms. The van der Waals surface area contributed by atoms with E-state index in [9.17, 15) is 9.18 Å². The van der Waals surface area contributed by atoms with Crippen LogP contribution in [0.2, 0.25) is 0 Å². The van der Waals surface area contributed by atoms with Gasteiger partial charge in [-0.25, -0.2) is 4.39 Å². The highest BCUT2D eigenvalue weighted by atomic mass is 32.2. The van der Waals surface area contributed by atoms with Crippen LogP contribution in [0.4, 0.5) is 9.52 Å². The van der Waals surface area contributed by atoms with Crippen LogP contribution in [-0.2, 0) is 10.5 Å². The van der Waals surface area contributed by atoms with Gasteiger partial charge in [0.2, 0.25) is 5.13 Å². The summed E-state index contributed by atoms with van der Waals surface area (Å²) in [7, 11) is 0. The highest BCUT2D eigenvalue weighted by Crippen LogP contribution is 2.29. The summed E-state index contributed by atoms with van der Waals surface area (Å²) in [6.07, 6.45) is 0. The number of hydrogen-bond acceptors (Lipinski definition) is 6. The number of ether oxygens (including phenoxy) is 1. The van der Waals surface area contributed by atoms with Gasteiger partial charge in [-0.3, -0.25) is 10.1 Å². The molecule has 0 aliphatic rings. The molecule has 3 rings (SSSR count). The summed E-state index contributed by atoms with van der Waals surface area (Å²) < 4.78 is 19.8. The van der Waals surface area contributed by atoms with Crippen LogP contribution in [0.15, 0.2) is 46.8 Å². The van der Waals surface area contributed by atoms with E-state index < -0.39 is 0 Å². The van der Waals surface area contributed by atoms with E-state index in [1.54, 1.807) is 18.2 Å². The monoisotopic (exact) mass is 403 g/mol. The lowest BCUT2D eigenvalue weighted by Gasteiger charge is -2.07. The molecule has 2 aromatic carbocycles. The second-order valence-corrected chi connectivity index (χ2v) is 8.11. The summed E-state index contributed by atoms with van der Waals surface area (Å²) >= 11 is 2.62. The predicted molar refractivity (Wildman–Crippen MR) is 106 cm³/mol. The molecule has 0 unspecified atom stereocenters. The van der Waals surface area contributed by atoms with Crippen molar-refractivity contribution >= 4 is 34.1 Å². The Balaban J connectivity index is 1.49. The van der Waals surface area contributed by atoms with Crippen molar-refractivity contribution in [2.45, 2.75) is 23.9 Å². The zero-order valence-corrected chi connectivity index (χ0v) is 16.5. The molecule has 3 aromatic rings. The van der Waals surface area contributed by atoms with Crippen molar-refractivity contribution in [3.8, 4) is 5.75 Å². The quantitative estimate of drug-likeness (QED) is 0.461. The fourth-order valence-electron chi connectivity index (χ4n) is 2.39. The molecular weight excluding hydrogens is 385 g/mol. The third kappa shape index (κ3) is 5.77. The van der Waals surface area contributed by atoms with Gasteiger partial charge in [-0.05, 0) is 48.7 Å². The number of aromatic nitrogens is 2. The molecule has 0 atom stereocenters. The van der Waals surface area contributed by atoms with Crippen LogP contribution >= 0.6 is 23.1 Å². The Morgan fingerprint density at radius 3 is 2.67 bits per heavy atom. The fraction of sp³-hybridized carbons (Fsp3) is 0.211. The van der Waals surface area contributed by atoms with Gasteiger partial charge < -0.3 is 4.74 Å². The molecule has 1 heterocycles. The first kappa shape index (κ1) is 19.3. The summed E-state index contributed by atoms with van der Waals surface area (Å²) in [6.45, 7) is 3.84. The smallest absolute Gasteiger partial charge is 0.264 e. The van der Waals surface area contributed by atoms with Gasteiger partial charge in [-0.15, -0.1) is 10.2 Å². The largest absolute Gasteiger partial charge is 0.484 e. The molecule has 8 heteroatoms. The number of aryl methyl sites for hydroxylation is 2. The Kier molecular flexibility index (Phi) is 6.41. The predicted octanol–water partition coefficient (Wildman–Crippen LogP) is 4.60. The van der Waals surface area contributed by atoms with Crippen molar-refractivity contribution in [1.29, 1.82) is 0 Å². The number of amides is 1. The van der Waals surface area contributed by atoms with Gasteiger partial charge in [-0.1, -0.05) is 47.4 Å². The summed E-state index contributed by atoms with van der Waals surface area (Å²) in [5.74, 6) is 0.550. The topological polar surface area (TPSA) is 64.1 Å². The maximum absolute atomic E-state index is 13.6. The van der Waals surface area contributed by atoms with Gasteiger partial charge >= 0.3 is 0 Å². The first-order valence-electron chi connectivity index (χ1n) is 8.20. The van der Waals surface area contributed by atoms with Crippen LogP contribution in [0.1, 0.15) is 16.7 Å². The van der Waals surface area contributed by atoms with Gasteiger partial charge in [0.25, 0.3) is 5.91 Å². The fourth-order valence-corrected chi connectivity index (χ4v) is 4.15. The van der Waals surface area contributed by atoms with Gasteiger partial charge in [0, 0.05) is 5.75 Å². The van der Waals surface area contributed by atoms with Crippen LogP contribution < -0.4 is 10.1 Å². The summed E-state index contributed by atoms with van der Waals surface area (Å²) in [5, 5.41) is 11.0. The molecule has 0 fully saturated rings. The van der Waals surface area contributed by atoms with Crippen LogP contribution in [0, 0.1) is 19.7 Å². The molecule has 5 nitrogen and oxygen atoms in total. The number of rotatable bonds is 7. The summed E-state index contributed by atoms with van der Waals surface area (Å²) in [6, 6.07) is 12.4. The van der Waals surface area contributed by atoms with Crippen molar-refractivity contribution < 1.29 is 13.9 Å². The summed E-state index contributed by atoms with van der Waals surface area (Å²) in [4.78, 5) is 12.0. The molecule has 0 radical (unpaired) electrons. The number of carbonyl (C=O) groups excluding carboxylic acids is 1. The van der Waals surface area contributed by atoms with Crippen LogP contribution in [0.25, 0.3) is 0 Å². The number of benzene rings is 2. The van der Waals surface area contributed by atoms with Gasteiger partial charge in [0.05, 0.1) is 0 Å². The van der Waals surface area contributed by atoms with E-state index in [-0.39, 0.29) is 18.3 Å². The lowest BCUT2D eigenvalue weighted by molar-refractivity contribution is -0.118. The first-order chi connectivity index (χ1) is 13.0. The highest BCUT2D eigenvalue weighted by molar-refractivity contribution is 8.00. The highest BCUT2D eigenvalue weighted by Gasteiger charge is 2.11. The molecule has 0 aliphatic heterocycles. The Bertz CT molecular complexity index is 926. The van der Waals surface area contributed by atoms with E-state index in [4.69, 9.17) is 4.74 Å². The number of hydrogen-bond donors (Lipinski definition) is 1. The SMILES string of the molecule is Cc1cc(C)cc(OCC(=O)Nc2nnc(SCc3ccccc3F)s2)c1. The molecule has 1 amide bonds. The van der Waals surface area contributed by atoms with Crippen molar-refractivity contribution in [2.24, 2.45) is 0 Å². The maximum Gasteiger partial charge on any atom is 0.264 e. The molecule has 0 saturated heterocycles. The number of halogens is 1. The maximum atomic E-state index is 13.6. The minimum atomic E-state index is -0.309. The molecule has 0 bridgehead atoms. The van der Waals surface area contributed by atoms with E-state index in [1.165, 1.54) is 29.2 Å². The Morgan fingerprint density at radius 1 is 1.19 bits per heavy atom. The molecule has 140 valence electrons. The average Bonchev–Trinajstić information content (AvgIpc) is 3.06. The average molecular weight is 404 g/mol. The van der Waals surface area contributed by atoms with E-state index in [1.807, 2.05) is 32.0 Å². The molecule has 1 N–H and O–H groups in total. The third-order valence-electron chi connectivity index (χ3n) is 3.53. The van der Waals surface area contributed by atoms with Crippen LogP contribution in [0.3, 0.4) is 0 Å². The number of anilines is 1. The number of thioether (sulfide) groups is 1. The lowest BCUT2D eigenvalue weighted by atomic mass is 10.1. The minimum Gasteiger partial charge on any atom is -0.484 e. The van der Waals surface area contributed by atoms with Crippen molar-refractivity contribution in [1.82, 2.24) is 10.2 Å². The van der Waals surface area contributed by atoms with E-state index >= 15 is 0 Å². The number of nitrogens with one attached hydrogen (secondary N) is 1. The van der Waals surface area contributed by atoms with Gasteiger partial charge in [0.1, 0.15) is 11.6 Å². The van der Waals surface area contributed by atoms with Crippen LogP contribution in [-0.4, -0.2) is 22.7 Å². The number of carbonyl (C=O) groups is 1. The Hall–Kier alpha value is -2.45. The van der Waals surface area contributed by atoms with Crippen molar-refractivity contribution in [3.63, 3.8) is 0 Å².